The summed E-state index contributed by atoms with van der Waals surface area (Å²) in [7, 11) is 0. The van der Waals surface area contributed by atoms with Crippen LogP contribution in [0.25, 0.3) is 0 Å². The molecule has 0 bridgehead atoms. The van der Waals surface area contributed by atoms with Gasteiger partial charge in [0, 0.05) is 22.0 Å². The largest absolute Gasteiger partial charge is 0.323 e. The summed E-state index contributed by atoms with van der Waals surface area (Å²) in [6.45, 7) is 0.306. The van der Waals surface area contributed by atoms with Crippen LogP contribution in [-0.4, -0.2) is 17.6 Å². The molecule has 6 nitrogen and oxygen atoms in total. The number of halogens is 2. The summed E-state index contributed by atoms with van der Waals surface area (Å²) in [5, 5.41) is 6.07. The molecule has 36 heavy (non-hydrogen) atoms. The Bertz CT molecular complexity index is 1450. The van der Waals surface area contributed by atoms with E-state index in [1.54, 1.807) is 65.6 Å². The van der Waals surface area contributed by atoms with E-state index in [1.165, 1.54) is 12.1 Å². The van der Waals surface area contributed by atoms with Gasteiger partial charge in [-0.15, -0.1) is 0 Å². The van der Waals surface area contributed by atoms with Gasteiger partial charge in [0.2, 0.25) is 0 Å². The number of nitrogens with one attached hydrogen (secondary N) is 2. The van der Waals surface area contributed by atoms with Gasteiger partial charge in [0.05, 0.1) is 17.9 Å². The number of carbonyl (C=O) groups excluding carboxylic acids is 2. The predicted octanol–water partition coefficient (Wildman–Crippen LogP) is 6.79. The van der Waals surface area contributed by atoms with Crippen molar-refractivity contribution in [2.75, 3.05) is 15.5 Å². The molecule has 4 aromatic carbocycles. The molecule has 0 aliphatic carbocycles. The summed E-state index contributed by atoms with van der Waals surface area (Å²) in [5.41, 5.74) is 4.38. The highest BCUT2D eigenvalue weighted by atomic mass is 35.5. The number of urea groups is 1. The SMILES string of the molecule is O=C(Nc1ccc(Cl)cc1)Nc1ccc(N=C2C(=O)N(Cc3ccc(F)cc3)c3ccccc32)cc1. The van der Waals surface area contributed by atoms with E-state index in [-0.39, 0.29) is 11.7 Å². The molecule has 0 spiro atoms. The molecule has 1 aliphatic heterocycles. The third kappa shape index (κ3) is 5.11. The van der Waals surface area contributed by atoms with Gasteiger partial charge >= 0.3 is 6.03 Å². The van der Waals surface area contributed by atoms with Crippen molar-refractivity contribution in [2.24, 2.45) is 4.99 Å². The van der Waals surface area contributed by atoms with E-state index in [2.05, 4.69) is 15.6 Å². The van der Waals surface area contributed by atoms with Crippen LogP contribution in [0.5, 0.6) is 0 Å². The lowest BCUT2D eigenvalue weighted by Crippen LogP contribution is -2.29. The zero-order valence-corrected chi connectivity index (χ0v) is 19.7. The van der Waals surface area contributed by atoms with Gasteiger partial charge in [-0.3, -0.25) is 4.79 Å². The maximum Gasteiger partial charge on any atom is 0.323 e. The number of benzene rings is 4. The number of hydrogen-bond donors (Lipinski definition) is 2. The molecule has 0 saturated heterocycles. The number of para-hydroxylation sites is 1. The summed E-state index contributed by atoms with van der Waals surface area (Å²) in [6, 6.07) is 26.8. The summed E-state index contributed by atoms with van der Waals surface area (Å²) in [5.74, 6) is -0.556. The van der Waals surface area contributed by atoms with E-state index in [0.29, 0.717) is 34.3 Å². The summed E-state index contributed by atoms with van der Waals surface area (Å²) < 4.78 is 13.3. The van der Waals surface area contributed by atoms with E-state index >= 15 is 0 Å². The van der Waals surface area contributed by atoms with E-state index < -0.39 is 6.03 Å². The first-order chi connectivity index (χ1) is 17.5. The van der Waals surface area contributed by atoms with Gasteiger partial charge < -0.3 is 15.5 Å². The van der Waals surface area contributed by atoms with Gasteiger partial charge in [-0.05, 0) is 72.3 Å². The fourth-order valence-corrected chi connectivity index (χ4v) is 4.00. The van der Waals surface area contributed by atoms with Gasteiger partial charge in [-0.25, -0.2) is 14.2 Å². The first-order valence-corrected chi connectivity index (χ1v) is 11.5. The molecule has 1 heterocycles. The quantitative estimate of drug-likeness (QED) is 0.318. The van der Waals surface area contributed by atoms with E-state index in [4.69, 9.17) is 11.6 Å². The molecule has 5 rings (SSSR count). The number of fused-ring (bicyclic) bond motifs is 1. The monoisotopic (exact) mass is 498 g/mol. The zero-order valence-electron chi connectivity index (χ0n) is 18.9. The van der Waals surface area contributed by atoms with Crippen LogP contribution in [0.2, 0.25) is 5.02 Å². The Morgan fingerprint density at radius 3 is 2.11 bits per heavy atom. The third-order valence-corrected chi connectivity index (χ3v) is 5.87. The lowest BCUT2D eigenvalue weighted by atomic mass is 10.1. The van der Waals surface area contributed by atoms with Gasteiger partial charge in [0.1, 0.15) is 11.5 Å². The lowest BCUT2D eigenvalue weighted by molar-refractivity contribution is -0.112. The molecule has 0 saturated carbocycles. The molecule has 0 fully saturated rings. The van der Waals surface area contributed by atoms with Crippen LogP contribution in [0.4, 0.5) is 31.9 Å². The Kier molecular flexibility index (Phi) is 6.47. The normalized spacial score (nSPS) is 13.6. The molecule has 8 heteroatoms. The topological polar surface area (TPSA) is 73.8 Å². The second-order valence-electron chi connectivity index (χ2n) is 8.13. The molecule has 0 aromatic heterocycles. The van der Waals surface area contributed by atoms with Crippen molar-refractivity contribution in [3.8, 4) is 0 Å². The zero-order chi connectivity index (χ0) is 25.1. The highest BCUT2D eigenvalue weighted by molar-refractivity contribution is 6.54. The van der Waals surface area contributed by atoms with Gasteiger partial charge in [-0.1, -0.05) is 41.9 Å². The standard InChI is InChI=1S/C28H20ClFN4O2/c29-19-7-11-22(12-8-19)32-28(36)33-23-15-13-21(14-16-23)31-26-24-3-1-2-4-25(24)34(27(26)35)17-18-5-9-20(30)10-6-18/h1-16H,17H2,(H2,32,33,36). The fourth-order valence-electron chi connectivity index (χ4n) is 3.87. The average molecular weight is 499 g/mol. The predicted molar refractivity (Wildman–Crippen MR) is 141 cm³/mol. The van der Waals surface area contributed by atoms with Crippen molar-refractivity contribution in [1.29, 1.82) is 0 Å². The van der Waals surface area contributed by atoms with E-state index in [0.717, 1.165) is 16.8 Å². The van der Waals surface area contributed by atoms with Crippen LogP contribution in [0, 0.1) is 5.82 Å². The van der Waals surface area contributed by atoms with E-state index in [9.17, 15) is 14.0 Å². The Hall–Kier alpha value is -4.49. The number of amides is 3. The van der Waals surface area contributed by atoms with Crippen molar-refractivity contribution >= 4 is 52.0 Å². The van der Waals surface area contributed by atoms with Crippen LogP contribution >= 0.6 is 11.6 Å². The molecule has 0 unspecified atom stereocenters. The number of anilines is 3. The van der Waals surface area contributed by atoms with Crippen LogP contribution in [0.1, 0.15) is 11.1 Å². The van der Waals surface area contributed by atoms with Crippen LogP contribution in [-0.2, 0) is 11.3 Å². The van der Waals surface area contributed by atoms with Crippen molar-refractivity contribution in [2.45, 2.75) is 6.54 Å². The van der Waals surface area contributed by atoms with Crippen molar-refractivity contribution in [1.82, 2.24) is 0 Å². The molecule has 178 valence electrons. The average Bonchev–Trinajstić information content (AvgIpc) is 3.14. The summed E-state index contributed by atoms with van der Waals surface area (Å²) in [4.78, 5) is 31.8. The molecule has 2 N–H and O–H groups in total. The minimum atomic E-state index is -0.396. The Morgan fingerprint density at radius 2 is 1.44 bits per heavy atom. The molecule has 1 aliphatic rings. The first kappa shape index (κ1) is 23.3. The van der Waals surface area contributed by atoms with Crippen LogP contribution in [0.15, 0.2) is 102 Å². The van der Waals surface area contributed by atoms with Gasteiger partial charge in [0.25, 0.3) is 5.91 Å². The second-order valence-corrected chi connectivity index (χ2v) is 8.56. The maximum atomic E-state index is 13.3. The lowest BCUT2D eigenvalue weighted by Gasteiger charge is -2.16. The Balaban J connectivity index is 1.32. The molecule has 0 radical (unpaired) electrons. The minimum Gasteiger partial charge on any atom is -0.308 e. The third-order valence-electron chi connectivity index (χ3n) is 5.62. The Labute approximate surface area is 212 Å². The van der Waals surface area contributed by atoms with Crippen molar-refractivity contribution in [3.63, 3.8) is 0 Å². The van der Waals surface area contributed by atoms with Crippen LogP contribution < -0.4 is 15.5 Å². The second kappa shape index (κ2) is 10.0. The van der Waals surface area contributed by atoms with Crippen molar-refractivity contribution < 1.29 is 14.0 Å². The molecule has 3 amide bonds. The van der Waals surface area contributed by atoms with Crippen molar-refractivity contribution in [3.05, 3.63) is 119 Å². The van der Waals surface area contributed by atoms with E-state index in [1.807, 2.05) is 24.3 Å². The first-order valence-electron chi connectivity index (χ1n) is 11.1. The smallest absolute Gasteiger partial charge is 0.308 e. The fraction of sp³-hybridized carbons (Fsp3) is 0.0357. The molecule has 4 aromatic rings. The highest BCUT2D eigenvalue weighted by Crippen LogP contribution is 2.32. The number of nitrogens with zero attached hydrogens (tertiary/aromatic N) is 2. The Morgan fingerprint density at radius 1 is 0.833 bits per heavy atom. The summed E-state index contributed by atoms with van der Waals surface area (Å²) in [6.07, 6.45) is 0. The number of aliphatic imine (C=N–C) groups is 1. The number of rotatable bonds is 5. The number of hydrogen-bond acceptors (Lipinski definition) is 3. The van der Waals surface area contributed by atoms with Gasteiger partial charge in [0.15, 0.2) is 0 Å². The van der Waals surface area contributed by atoms with Gasteiger partial charge in [-0.2, -0.15) is 0 Å². The number of carbonyl (C=O) groups is 2. The molecule has 0 atom stereocenters. The molecular weight excluding hydrogens is 479 g/mol. The minimum absolute atomic E-state index is 0.231. The summed E-state index contributed by atoms with van der Waals surface area (Å²) >= 11 is 5.86. The molecular formula is C28H20ClFN4O2. The van der Waals surface area contributed by atoms with Crippen LogP contribution in [0.3, 0.4) is 0 Å². The maximum absolute atomic E-state index is 13.3. The highest BCUT2D eigenvalue weighted by Gasteiger charge is 2.33.